The maximum absolute atomic E-state index is 12.3. The third kappa shape index (κ3) is 4.35. The van der Waals surface area contributed by atoms with Crippen molar-refractivity contribution in [3.63, 3.8) is 0 Å². The lowest BCUT2D eigenvalue weighted by Crippen LogP contribution is -2.44. The number of halogens is 1. The molecule has 0 radical (unpaired) electrons. The van der Waals surface area contributed by atoms with Crippen molar-refractivity contribution in [2.45, 2.75) is 32.1 Å². The molecule has 0 atom stereocenters. The largest absolute Gasteiger partial charge is 0.497 e. The summed E-state index contributed by atoms with van der Waals surface area (Å²) in [5.41, 5.74) is 6.67. The second kappa shape index (κ2) is 8.25. The van der Waals surface area contributed by atoms with Crippen molar-refractivity contribution in [3.8, 4) is 5.75 Å². The Labute approximate surface area is 132 Å². The summed E-state index contributed by atoms with van der Waals surface area (Å²) < 4.78 is 5.19. The maximum Gasteiger partial charge on any atom is 0.227 e. The van der Waals surface area contributed by atoms with E-state index in [1.807, 2.05) is 24.3 Å². The lowest BCUT2D eigenvalue weighted by atomic mass is 9.85. The van der Waals surface area contributed by atoms with Crippen molar-refractivity contribution in [3.05, 3.63) is 29.8 Å². The first-order valence-electron chi connectivity index (χ1n) is 7.31. The molecule has 3 N–H and O–H groups in total. The van der Waals surface area contributed by atoms with Crippen LogP contribution in [0.4, 0.5) is 0 Å². The average molecular weight is 313 g/mol. The quantitative estimate of drug-likeness (QED) is 0.847. The Morgan fingerprint density at radius 1 is 1.38 bits per heavy atom. The van der Waals surface area contributed by atoms with E-state index < -0.39 is 0 Å². The van der Waals surface area contributed by atoms with Crippen LogP contribution in [0.15, 0.2) is 24.3 Å². The van der Waals surface area contributed by atoms with E-state index in [4.69, 9.17) is 10.5 Å². The Bertz CT molecular complexity index is 459. The van der Waals surface area contributed by atoms with Crippen LogP contribution < -0.4 is 15.8 Å². The summed E-state index contributed by atoms with van der Waals surface area (Å²) in [5.74, 6) is 0.975. The van der Waals surface area contributed by atoms with E-state index in [-0.39, 0.29) is 23.7 Å². The summed E-state index contributed by atoms with van der Waals surface area (Å²) in [5, 5.41) is 3.04. The van der Waals surface area contributed by atoms with Crippen molar-refractivity contribution in [1.29, 1.82) is 0 Å². The molecule has 0 saturated heterocycles. The van der Waals surface area contributed by atoms with E-state index in [0.717, 1.165) is 43.4 Å². The maximum atomic E-state index is 12.3. The summed E-state index contributed by atoms with van der Waals surface area (Å²) >= 11 is 0. The number of carbonyl (C=O) groups excluding carboxylic acids is 1. The van der Waals surface area contributed by atoms with Crippen molar-refractivity contribution < 1.29 is 9.53 Å². The van der Waals surface area contributed by atoms with E-state index in [1.165, 1.54) is 0 Å². The summed E-state index contributed by atoms with van der Waals surface area (Å²) in [6.45, 7) is 1.10. The van der Waals surface area contributed by atoms with Crippen LogP contribution in [0.2, 0.25) is 0 Å². The van der Waals surface area contributed by atoms with Gasteiger partial charge in [-0.15, -0.1) is 12.4 Å². The molecule has 0 bridgehead atoms. The van der Waals surface area contributed by atoms with Crippen molar-refractivity contribution in [1.82, 2.24) is 5.32 Å². The van der Waals surface area contributed by atoms with Gasteiger partial charge in [0.2, 0.25) is 5.91 Å². The SMILES string of the molecule is COc1cccc(CCNC(=O)C2(CN)CCCC2)c1.Cl. The number of amides is 1. The van der Waals surface area contributed by atoms with Crippen LogP contribution in [0.1, 0.15) is 31.2 Å². The number of methoxy groups -OCH3 is 1. The Balaban J connectivity index is 0.00000220. The van der Waals surface area contributed by atoms with Crippen molar-refractivity contribution in [2.75, 3.05) is 20.2 Å². The number of hydrogen-bond donors (Lipinski definition) is 2. The van der Waals surface area contributed by atoms with Gasteiger partial charge < -0.3 is 15.8 Å². The fraction of sp³-hybridized carbons (Fsp3) is 0.562. The van der Waals surface area contributed by atoms with E-state index in [9.17, 15) is 4.79 Å². The third-order valence-corrected chi connectivity index (χ3v) is 4.27. The zero-order valence-corrected chi connectivity index (χ0v) is 13.4. The standard InChI is InChI=1S/C16H24N2O2.ClH/c1-20-14-6-4-5-13(11-14)7-10-18-15(19)16(12-17)8-2-3-9-16;/h4-6,11H,2-3,7-10,12,17H2,1H3,(H,18,19);1H. The Morgan fingerprint density at radius 3 is 2.71 bits per heavy atom. The summed E-state index contributed by atoms with van der Waals surface area (Å²) in [6.07, 6.45) is 4.88. The highest BCUT2D eigenvalue weighted by atomic mass is 35.5. The van der Waals surface area contributed by atoms with Crippen molar-refractivity contribution >= 4 is 18.3 Å². The van der Waals surface area contributed by atoms with Crippen LogP contribution in [0.3, 0.4) is 0 Å². The summed E-state index contributed by atoms with van der Waals surface area (Å²) in [7, 11) is 1.66. The number of ether oxygens (including phenoxy) is 1. The number of benzene rings is 1. The van der Waals surface area contributed by atoms with Crippen molar-refractivity contribution in [2.24, 2.45) is 11.1 Å². The molecule has 1 aromatic carbocycles. The van der Waals surface area contributed by atoms with E-state index in [2.05, 4.69) is 5.32 Å². The molecule has 1 aliphatic rings. The van der Waals surface area contributed by atoms with Crippen LogP contribution in [0.5, 0.6) is 5.75 Å². The van der Waals surface area contributed by atoms with Crippen LogP contribution in [0.25, 0.3) is 0 Å². The molecule has 1 amide bonds. The summed E-state index contributed by atoms with van der Waals surface area (Å²) in [6, 6.07) is 7.93. The van der Waals surface area contributed by atoms with Crippen LogP contribution in [0, 0.1) is 5.41 Å². The zero-order valence-electron chi connectivity index (χ0n) is 12.6. The van der Waals surface area contributed by atoms with Gasteiger partial charge in [0, 0.05) is 13.1 Å². The zero-order chi connectivity index (χ0) is 14.4. The van der Waals surface area contributed by atoms with Crippen LogP contribution in [-0.4, -0.2) is 26.1 Å². The monoisotopic (exact) mass is 312 g/mol. The molecule has 0 heterocycles. The van der Waals surface area contributed by atoms with Gasteiger partial charge in [0.05, 0.1) is 12.5 Å². The first kappa shape index (κ1) is 17.8. The lowest BCUT2D eigenvalue weighted by Gasteiger charge is -2.25. The van der Waals surface area contributed by atoms with Crippen LogP contribution >= 0.6 is 12.4 Å². The number of carbonyl (C=O) groups is 1. The molecular weight excluding hydrogens is 288 g/mol. The minimum Gasteiger partial charge on any atom is -0.497 e. The molecule has 1 aliphatic carbocycles. The number of nitrogens with two attached hydrogens (primary N) is 1. The highest BCUT2D eigenvalue weighted by molar-refractivity contribution is 5.85. The van der Waals surface area contributed by atoms with E-state index in [1.54, 1.807) is 7.11 Å². The molecule has 21 heavy (non-hydrogen) atoms. The van der Waals surface area contributed by atoms with Gasteiger partial charge >= 0.3 is 0 Å². The first-order valence-corrected chi connectivity index (χ1v) is 7.31. The van der Waals surface area contributed by atoms with Gasteiger partial charge in [-0.3, -0.25) is 4.79 Å². The Kier molecular flexibility index (Phi) is 6.99. The molecule has 0 spiro atoms. The van der Waals surface area contributed by atoms with Crippen LogP contribution in [-0.2, 0) is 11.2 Å². The molecule has 0 aromatic heterocycles. The van der Waals surface area contributed by atoms with E-state index in [0.29, 0.717) is 13.1 Å². The normalized spacial score (nSPS) is 16.1. The molecule has 5 heteroatoms. The number of rotatable bonds is 6. The highest BCUT2D eigenvalue weighted by Crippen LogP contribution is 2.37. The van der Waals surface area contributed by atoms with Gasteiger partial charge in [-0.1, -0.05) is 25.0 Å². The lowest BCUT2D eigenvalue weighted by molar-refractivity contribution is -0.130. The van der Waals surface area contributed by atoms with Gasteiger partial charge in [0.25, 0.3) is 0 Å². The molecule has 1 aromatic rings. The molecule has 1 fully saturated rings. The Morgan fingerprint density at radius 2 is 2.10 bits per heavy atom. The molecule has 2 rings (SSSR count). The average Bonchev–Trinajstić information content (AvgIpc) is 2.97. The van der Waals surface area contributed by atoms with Gasteiger partial charge in [-0.05, 0) is 37.0 Å². The predicted molar refractivity (Wildman–Crippen MR) is 86.9 cm³/mol. The van der Waals surface area contributed by atoms with Gasteiger partial charge in [-0.2, -0.15) is 0 Å². The van der Waals surface area contributed by atoms with Gasteiger partial charge in [0.15, 0.2) is 0 Å². The topological polar surface area (TPSA) is 64.3 Å². The fourth-order valence-corrected chi connectivity index (χ4v) is 2.91. The molecule has 1 saturated carbocycles. The third-order valence-electron chi connectivity index (χ3n) is 4.27. The van der Waals surface area contributed by atoms with Gasteiger partial charge in [0.1, 0.15) is 5.75 Å². The number of hydrogen-bond acceptors (Lipinski definition) is 3. The summed E-state index contributed by atoms with van der Waals surface area (Å²) in [4.78, 5) is 12.3. The van der Waals surface area contributed by atoms with E-state index >= 15 is 0 Å². The first-order chi connectivity index (χ1) is 9.70. The molecule has 0 unspecified atom stereocenters. The molecule has 0 aliphatic heterocycles. The predicted octanol–water partition coefficient (Wildman–Crippen LogP) is 2.29. The molecule has 118 valence electrons. The second-order valence-corrected chi connectivity index (χ2v) is 5.55. The molecule has 4 nitrogen and oxygen atoms in total. The van der Waals surface area contributed by atoms with Gasteiger partial charge in [-0.25, -0.2) is 0 Å². The molecular formula is C16H25ClN2O2. The fourth-order valence-electron chi connectivity index (χ4n) is 2.91. The number of nitrogens with one attached hydrogen (secondary N) is 1. The Hall–Kier alpha value is -1.26. The minimum absolute atomic E-state index is 0. The smallest absolute Gasteiger partial charge is 0.227 e. The second-order valence-electron chi connectivity index (χ2n) is 5.55. The highest BCUT2D eigenvalue weighted by Gasteiger charge is 2.39. The minimum atomic E-state index is -0.311.